The molecule has 0 radical (unpaired) electrons. The number of likely N-dealkylation sites (N-methyl/N-ethyl adjacent to an activating group) is 1. The average molecular weight is 222 g/mol. The van der Waals surface area contributed by atoms with Crippen molar-refractivity contribution in [1.82, 2.24) is 9.47 Å². The van der Waals surface area contributed by atoms with Crippen LogP contribution >= 0.6 is 0 Å². The van der Waals surface area contributed by atoms with Crippen molar-refractivity contribution >= 4 is 5.91 Å². The molecule has 0 spiro atoms. The highest BCUT2D eigenvalue weighted by Gasteiger charge is 2.14. The number of hydrogen-bond acceptors (Lipinski definition) is 1. The van der Waals surface area contributed by atoms with E-state index < -0.39 is 0 Å². The summed E-state index contributed by atoms with van der Waals surface area (Å²) >= 11 is 0. The molecule has 90 valence electrons. The molecule has 0 bridgehead atoms. The molecule has 0 fully saturated rings. The Labute approximate surface area is 98.1 Å². The molecule has 0 aliphatic carbocycles. The Kier molecular flexibility index (Phi) is 4.16. The zero-order chi connectivity index (χ0) is 12.3. The van der Waals surface area contributed by atoms with Crippen LogP contribution in [0.2, 0.25) is 0 Å². The summed E-state index contributed by atoms with van der Waals surface area (Å²) in [6.07, 6.45) is 0.523. The number of carbonyl (C=O) groups excluding carboxylic acids is 1. The molecule has 0 saturated heterocycles. The summed E-state index contributed by atoms with van der Waals surface area (Å²) in [5.41, 5.74) is 3.55. The van der Waals surface area contributed by atoms with Gasteiger partial charge in [-0.25, -0.2) is 0 Å². The lowest BCUT2D eigenvalue weighted by molar-refractivity contribution is -0.130. The molecule has 0 aliphatic rings. The van der Waals surface area contributed by atoms with Gasteiger partial charge in [0.05, 0.1) is 6.42 Å². The molecule has 16 heavy (non-hydrogen) atoms. The van der Waals surface area contributed by atoms with Crippen LogP contribution in [0.1, 0.15) is 30.8 Å². The number of nitrogens with zero attached hydrogens (tertiary/aromatic N) is 2. The van der Waals surface area contributed by atoms with Gasteiger partial charge in [-0.2, -0.15) is 0 Å². The molecule has 0 atom stereocenters. The van der Waals surface area contributed by atoms with Gasteiger partial charge < -0.3 is 9.47 Å². The van der Waals surface area contributed by atoms with Gasteiger partial charge in [0.25, 0.3) is 0 Å². The Bertz CT molecular complexity index is 376. The summed E-state index contributed by atoms with van der Waals surface area (Å²) in [7, 11) is 2.04. The van der Waals surface area contributed by atoms with E-state index in [2.05, 4.69) is 24.5 Å². The maximum atomic E-state index is 12.0. The minimum atomic E-state index is 0.221. The Hall–Kier alpha value is -1.25. The number of amides is 1. The van der Waals surface area contributed by atoms with Crippen molar-refractivity contribution in [1.29, 1.82) is 0 Å². The average Bonchev–Trinajstić information content (AvgIpc) is 2.48. The largest absolute Gasteiger partial charge is 0.352 e. The van der Waals surface area contributed by atoms with Gasteiger partial charge in [0, 0.05) is 31.5 Å². The van der Waals surface area contributed by atoms with Gasteiger partial charge in [-0.3, -0.25) is 4.79 Å². The van der Waals surface area contributed by atoms with E-state index in [0.29, 0.717) is 6.42 Å². The SMILES string of the molecule is CCN(CC)C(=O)Cc1cc(C)n(C)c1C. The maximum Gasteiger partial charge on any atom is 0.227 e. The molecule has 0 unspecified atom stereocenters. The molecular formula is C13H22N2O. The zero-order valence-electron chi connectivity index (χ0n) is 11.0. The monoisotopic (exact) mass is 222 g/mol. The summed E-state index contributed by atoms with van der Waals surface area (Å²) in [4.78, 5) is 13.8. The van der Waals surface area contributed by atoms with Gasteiger partial charge in [0.1, 0.15) is 0 Å². The first-order chi connectivity index (χ1) is 7.51. The van der Waals surface area contributed by atoms with Gasteiger partial charge in [0.2, 0.25) is 5.91 Å². The summed E-state index contributed by atoms with van der Waals surface area (Å²) in [6.45, 7) is 9.76. The van der Waals surface area contributed by atoms with Gasteiger partial charge in [-0.1, -0.05) is 0 Å². The fourth-order valence-corrected chi connectivity index (χ4v) is 1.96. The number of hydrogen-bond donors (Lipinski definition) is 0. The highest BCUT2D eigenvalue weighted by Crippen LogP contribution is 2.14. The van der Waals surface area contributed by atoms with E-state index in [1.165, 1.54) is 11.4 Å². The molecule has 3 heteroatoms. The molecule has 1 rings (SSSR count). The third-order valence-corrected chi connectivity index (χ3v) is 3.34. The fraction of sp³-hybridized carbons (Fsp3) is 0.615. The smallest absolute Gasteiger partial charge is 0.227 e. The lowest BCUT2D eigenvalue weighted by Gasteiger charge is -2.18. The Morgan fingerprint density at radius 1 is 1.31 bits per heavy atom. The van der Waals surface area contributed by atoms with E-state index in [1.54, 1.807) is 0 Å². The predicted octanol–water partition coefficient (Wildman–Crippen LogP) is 2.05. The van der Waals surface area contributed by atoms with Crippen molar-refractivity contribution < 1.29 is 4.79 Å². The standard InChI is InChI=1S/C13H22N2O/c1-6-15(7-2)13(16)9-12-8-10(3)14(5)11(12)4/h8H,6-7,9H2,1-5H3. The van der Waals surface area contributed by atoms with E-state index in [1.807, 2.05) is 25.8 Å². The lowest BCUT2D eigenvalue weighted by Crippen LogP contribution is -2.31. The highest BCUT2D eigenvalue weighted by atomic mass is 16.2. The molecule has 1 amide bonds. The third kappa shape index (κ3) is 2.46. The van der Waals surface area contributed by atoms with Crippen molar-refractivity contribution in [2.45, 2.75) is 34.1 Å². The Morgan fingerprint density at radius 3 is 2.25 bits per heavy atom. The van der Waals surface area contributed by atoms with Gasteiger partial charge >= 0.3 is 0 Å². The van der Waals surface area contributed by atoms with Crippen molar-refractivity contribution in [3.63, 3.8) is 0 Å². The predicted molar refractivity (Wildman–Crippen MR) is 66.5 cm³/mol. The van der Waals surface area contributed by atoms with Crippen LogP contribution in [-0.4, -0.2) is 28.5 Å². The quantitative estimate of drug-likeness (QED) is 0.765. The first kappa shape index (κ1) is 12.8. The first-order valence-corrected chi connectivity index (χ1v) is 5.90. The minimum absolute atomic E-state index is 0.221. The van der Waals surface area contributed by atoms with E-state index in [9.17, 15) is 4.79 Å². The minimum Gasteiger partial charge on any atom is -0.352 e. The Balaban J connectivity index is 2.80. The zero-order valence-corrected chi connectivity index (χ0v) is 11.0. The summed E-state index contributed by atoms with van der Waals surface area (Å²) in [5.74, 6) is 0.221. The van der Waals surface area contributed by atoms with Crippen LogP contribution in [0.4, 0.5) is 0 Å². The highest BCUT2D eigenvalue weighted by molar-refractivity contribution is 5.79. The molecule has 0 N–H and O–H groups in total. The van der Waals surface area contributed by atoms with Crippen LogP contribution in [0.25, 0.3) is 0 Å². The molecular weight excluding hydrogens is 200 g/mol. The molecule has 0 aromatic carbocycles. The van der Waals surface area contributed by atoms with E-state index in [-0.39, 0.29) is 5.91 Å². The topological polar surface area (TPSA) is 25.2 Å². The Morgan fingerprint density at radius 2 is 1.88 bits per heavy atom. The number of rotatable bonds is 4. The molecule has 0 saturated carbocycles. The van der Waals surface area contributed by atoms with Crippen LogP contribution in [0.3, 0.4) is 0 Å². The second kappa shape index (κ2) is 5.19. The van der Waals surface area contributed by atoms with Crippen molar-refractivity contribution in [3.05, 3.63) is 23.0 Å². The van der Waals surface area contributed by atoms with Crippen LogP contribution in [0.5, 0.6) is 0 Å². The number of aryl methyl sites for hydroxylation is 1. The number of aromatic nitrogens is 1. The first-order valence-electron chi connectivity index (χ1n) is 5.90. The summed E-state index contributed by atoms with van der Waals surface area (Å²) in [6, 6.07) is 2.11. The fourth-order valence-electron chi connectivity index (χ4n) is 1.96. The number of carbonyl (C=O) groups is 1. The van der Waals surface area contributed by atoms with E-state index in [4.69, 9.17) is 0 Å². The molecule has 1 aromatic rings. The lowest BCUT2D eigenvalue weighted by atomic mass is 10.1. The second-order valence-electron chi connectivity index (χ2n) is 4.20. The molecule has 1 aromatic heterocycles. The molecule has 0 aliphatic heterocycles. The van der Waals surface area contributed by atoms with Crippen LogP contribution < -0.4 is 0 Å². The van der Waals surface area contributed by atoms with Crippen LogP contribution in [0.15, 0.2) is 6.07 Å². The second-order valence-corrected chi connectivity index (χ2v) is 4.20. The maximum absolute atomic E-state index is 12.0. The van der Waals surface area contributed by atoms with E-state index >= 15 is 0 Å². The van der Waals surface area contributed by atoms with Crippen LogP contribution in [-0.2, 0) is 18.3 Å². The van der Waals surface area contributed by atoms with E-state index in [0.717, 1.165) is 18.7 Å². The summed E-state index contributed by atoms with van der Waals surface area (Å²) in [5, 5.41) is 0. The van der Waals surface area contributed by atoms with Gasteiger partial charge in [-0.15, -0.1) is 0 Å². The normalized spacial score (nSPS) is 10.6. The van der Waals surface area contributed by atoms with Crippen LogP contribution in [0, 0.1) is 13.8 Å². The van der Waals surface area contributed by atoms with Crippen molar-refractivity contribution in [2.75, 3.05) is 13.1 Å². The van der Waals surface area contributed by atoms with Gasteiger partial charge in [-0.05, 0) is 39.3 Å². The third-order valence-electron chi connectivity index (χ3n) is 3.34. The molecule has 1 heterocycles. The van der Waals surface area contributed by atoms with Crippen molar-refractivity contribution in [3.8, 4) is 0 Å². The van der Waals surface area contributed by atoms with Crippen molar-refractivity contribution in [2.24, 2.45) is 7.05 Å². The molecule has 3 nitrogen and oxygen atoms in total. The van der Waals surface area contributed by atoms with Gasteiger partial charge in [0.15, 0.2) is 0 Å². The summed E-state index contributed by atoms with van der Waals surface area (Å²) < 4.78 is 2.13.